The number of nitrogen functional groups attached to an aromatic ring is 1. The Labute approximate surface area is 94.5 Å². The fourth-order valence-electron chi connectivity index (χ4n) is 1.23. The van der Waals surface area contributed by atoms with Gasteiger partial charge in [0.1, 0.15) is 0 Å². The van der Waals surface area contributed by atoms with E-state index in [-0.39, 0.29) is 24.1 Å². The van der Waals surface area contributed by atoms with Crippen LogP contribution in [0.3, 0.4) is 0 Å². The second kappa shape index (κ2) is 5.12. The number of carbonyl (C=O) groups is 1. The summed E-state index contributed by atoms with van der Waals surface area (Å²) in [6.07, 6.45) is 1.81. The Kier molecular flexibility index (Phi) is 3.84. The summed E-state index contributed by atoms with van der Waals surface area (Å²) in [5, 5.41) is 8.56. The van der Waals surface area contributed by atoms with E-state index in [1.165, 1.54) is 11.1 Å². The molecule has 1 atom stereocenters. The maximum absolute atomic E-state index is 12.0. The lowest BCUT2D eigenvalue weighted by Crippen LogP contribution is -2.35. The molecule has 0 fully saturated rings. The number of anilines is 1. The van der Waals surface area contributed by atoms with Gasteiger partial charge in [0.05, 0.1) is 18.2 Å². The highest BCUT2D eigenvalue weighted by atomic mass is 16.2. The summed E-state index contributed by atoms with van der Waals surface area (Å²) in [6, 6.07) is 5.17. The number of carbonyl (C=O) groups excluding carboxylic acids is 1. The van der Waals surface area contributed by atoms with Crippen LogP contribution in [0.5, 0.6) is 0 Å². The first-order valence-corrected chi connectivity index (χ1v) is 4.92. The van der Waals surface area contributed by atoms with Crippen LogP contribution in [0.15, 0.2) is 18.3 Å². The van der Waals surface area contributed by atoms with Crippen LogP contribution in [0, 0.1) is 11.3 Å². The predicted octanol–water partition coefficient (Wildman–Crippen LogP) is 1.04. The van der Waals surface area contributed by atoms with E-state index in [0.717, 1.165) is 0 Å². The summed E-state index contributed by atoms with van der Waals surface area (Å²) < 4.78 is 0. The molecule has 1 unspecified atom stereocenters. The van der Waals surface area contributed by atoms with Crippen molar-refractivity contribution in [3.63, 3.8) is 0 Å². The van der Waals surface area contributed by atoms with E-state index in [9.17, 15) is 4.79 Å². The number of rotatable bonds is 3. The van der Waals surface area contributed by atoms with Crippen LogP contribution in [0.4, 0.5) is 5.69 Å². The molecule has 0 radical (unpaired) electrons. The van der Waals surface area contributed by atoms with Crippen LogP contribution < -0.4 is 5.73 Å². The van der Waals surface area contributed by atoms with E-state index < -0.39 is 0 Å². The normalized spacial score (nSPS) is 11.6. The van der Waals surface area contributed by atoms with E-state index in [4.69, 9.17) is 11.0 Å². The summed E-state index contributed by atoms with van der Waals surface area (Å²) in [4.78, 5) is 17.4. The molecule has 1 aromatic rings. The molecule has 0 aliphatic heterocycles. The van der Waals surface area contributed by atoms with Crippen molar-refractivity contribution in [3.05, 3.63) is 24.0 Å². The zero-order chi connectivity index (χ0) is 12.1. The quantitative estimate of drug-likeness (QED) is 0.821. The lowest BCUT2D eigenvalue weighted by atomic mass is 10.2. The third-order valence-corrected chi connectivity index (χ3v) is 2.41. The predicted molar refractivity (Wildman–Crippen MR) is 60.4 cm³/mol. The highest BCUT2D eigenvalue weighted by Gasteiger charge is 2.19. The summed E-state index contributed by atoms with van der Waals surface area (Å²) in [6.45, 7) is 1.81. The lowest BCUT2D eigenvalue weighted by molar-refractivity contribution is 0.0741. The van der Waals surface area contributed by atoms with Gasteiger partial charge in [-0.2, -0.15) is 5.26 Å². The minimum absolute atomic E-state index is 0.154. The SMILES string of the molecule is CC(CC#N)N(C)C(=O)c1ncccc1N. The van der Waals surface area contributed by atoms with Crippen molar-refractivity contribution < 1.29 is 4.79 Å². The maximum atomic E-state index is 12.0. The largest absolute Gasteiger partial charge is 0.397 e. The molecule has 1 heterocycles. The second-order valence-electron chi connectivity index (χ2n) is 3.57. The number of nitriles is 1. The van der Waals surface area contributed by atoms with E-state index in [1.807, 2.05) is 6.07 Å². The molecule has 0 saturated heterocycles. The Morgan fingerprint density at radius 2 is 2.44 bits per heavy atom. The van der Waals surface area contributed by atoms with Gasteiger partial charge in [-0.25, -0.2) is 4.98 Å². The van der Waals surface area contributed by atoms with Crippen molar-refractivity contribution in [2.75, 3.05) is 12.8 Å². The van der Waals surface area contributed by atoms with E-state index in [1.54, 1.807) is 26.1 Å². The number of aromatic nitrogens is 1. The van der Waals surface area contributed by atoms with Crippen LogP contribution in [0.2, 0.25) is 0 Å². The molecular weight excluding hydrogens is 204 g/mol. The van der Waals surface area contributed by atoms with Gasteiger partial charge >= 0.3 is 0 Å². The van der Waals surface area contributed by atoms with Crippen LogP contribution in [0.25, 0.3) is 0 Å². The molecule has 1 aromatic heterocycles. The number of amides is 1. The Morgan fingerprint density at radius 3 is 3.00 bits per heavy atom. The number of pyridine rings is 1. The third-order valence-electron chi connectivity index (χ3n) is 2.41. The first-order valence-electron chi connectivity index (χ1n) is 4.92. The van der Waals surface area contributed by atoms with Gasteiger partial charge < -0.3 is 10.6 Å². The van der Waals surface area contributed by atoms with Gasteiger partial charge in [-0.3, -0.25) is 4.79 Å². The van der Waals surface area contributed by atoms with Crippen LogP contribution in [-0.4, -0.2) is 28.9 Å². The van der Waals surface area contributed by atoms with Gasteiger partial charge in [0.2, 0.25) is 0 Å². The minimum Gasteiger partial charge on any atom is -0.397 e. The van der Waals surface area contributed by atoms with E-state index in [2.05, 4.69) is 4.98 Å². The molecule has 16 heavy (non-hydrogen) atoms. The number of hydrogen-bond acceptors (Lipinski definition) is 4. The number of nitrogens with zero attached hydrogens (tertiary/aromatic N) is 3. The molecule has 0 bridgehead atoms. The Balaban J connectivity index is 2.87. The molecule has 1 rings (SSSR count). The van der Waals surface area contributed by atoms with Gasteiger partial charge in [-0.15, -0.1) is 0 Å². The Hall–Kier alpha value is -2.09. The molecular formula is C11H14N4O. The molecule has 5 heteroatoms. The lowest BCUT2D eigenvalue weighted by Gasteiger charge is -2.22. The first-order chi connectivity index (χ1) is 7.57. The molecule has 0 aromatic carbocycles. The number of hydrogen-bond donors (Lipinski definition) is 1. The van der Waals surface area contributed by atoms with Crippen LogP contribution >= 0.6 is 0 Å². The standard InChI is InChI=1S/C11H14N4O/c1-8(5-6-12)15(2)11(16)10-9(13)4-3-7-14-10/h3-4,7-8H,5,13H2,1-2H3. The van der Waals surface area contributed by atoms with Crippen LogP contribution in [0.1, 0.15) is 23.8 Å². The van der Waals surface area contributed by atoms with Crippen LogP contribution in [-0.2, 0) is 0 Å². The van der Waals surface area contributed by atoms with Gasteiger partial charge in [-0.05, 0) is 19.1 Å². The van der Waals surface area contributed by atoms with Crippen molar-refractivity contribution in [1.29, 1.82) is 5.26 Å². The maximum Gasteiger partial charge on any atom is 0.274 e. The minimum atomic E-state index is -0.263. The topological polar surface area (TPSA) is 83.0 Å². The van der Waals surface area contributed by atoms with E-state index >= 15 is 0 Å². The highest BCUT2D eigenvalue weighted by Crippen LogP contribution is 2.12. The third kappa shape index (κ3) is 2.48. The summed E-state index contributed by atoms with van der Waals surface area (Å²) in [5.74, 6) is -0.263. The average Bonchev–Trinajstić information content (AvgIpc) is 2.28. The van der Waals surface area contributed by atoms with Crippen molar-refractivity contribution in [2.45, 2.75) is 19.4 Å². The molecule has 5 nitrogen and oxygen atoms in total. The summed E-state index contributed by atoms with van der Waals surface area (Å²) in [7, 11) is 1.64. The second-order valence-corrected chi connectivity index (χ2v) is 3.57. The first kappa shape index (κ1) is 12.0. The number of nitrogens with two attached hydrogens (primary N) is 1. The van der Waals surface area contributed by atoms with Crippen molar-refractivity contribution in [2.24, 2.45) is 0 Å². The van der Waals surface area contributed by atoms with E-state index in [0.29, 0.717) is 5.69 Å². The smallest absolute Gasteiger partial charge is 0.274 e. The van der Waals surface area contributed by atoms with Crippen molar-refractivity contribution in [1.82, 2.24) is 9.88 Å². The molecule has 84 valence electrons. The zero-order valence-corrected chi connectivity index (χ0v) is 9.34. The molecule has 0 aliphatic carbocycles. The Morgan fingerprint density at radius 1 is 1.75 bits per heavy atom. The van der Waals surface area contributed by atoms with Gasteiger partial charge in [-0.1, -0.05) is 0 Å². The fourth-order valence-corrected chi connectivity index (χ4v) is 1.23. The Bertz CT molecular complexity index is 424. The molecule has 1 amide bonds. The molecule has 2 N–H and O–H groups in total. The van der Waals surface area contributed by atoms with Gasteiger partial charge in [0, 0.05) is 19.3 Å². The summed E-state index contributed by atoms with van der Waals surface area (Å²) >= 11 is 0. The van der Waals surface area contributed by atoms with Crippen molar-refractivity contribution >= 4 is 11.6 Å². The highest BCUT2D eigenvalue weighted by molar-refractivity contribution is 5.97. The monoisotopic (exact) mass is 218 g/mol. The molecule has 0 saturated carbocycles. The van der Waals surface area contributed by atoms with Gasteiger partial charge in [0.25, 0.3) is 5.91 Å². The fraction of sp³-hybridized carbons (Fsp3) is 0.364. The van der Waals surface area contributed by atoms with Crippen molar-refractivity contribution in [3.8, 4) is 6.07 Å². The zero-order valence-electron chi connectivity index (χ0n) is 9.34. The van der Waals surface area contributed by atoms with Gasteiger partial charge in [0.15, 0.2) is 5.69 Å². The summed E-state index contributed by atoms with van der Waals surface area (Å²) in [5.41, 5.74) is 6.24. The molecule has 0 aliphatic rings. The average molecular weight is 218 g/mol. The molecule has 0 spiro atoms.